The van der Waals surface area contributed by atoms with Crippen molar-refractivity contribution in [2.24, 2.45) is 7.05 Å². The summed E-state index contributed by atoms with van der Waals surface area (Å²) in [6.07, 6.45) is -4.52. The second kappa shape index (κ2) is 4.65. The number of aromatic nitrogens is 3. The highest BCUT2D eigenvalue weighted by molar-refractivity contribution is 7.99. The highest BCUT2D eigenvalue weighted by atomic mass is 32.2. The summed E-state index contributed by atoms with van der Waals surface area (Å²) in [5.41, 5.74) is 4.04. The highest BCUT2D eigenvalue weighted by Crippen LogP contribution is 2.39. The van der Waals surface area contributed by atoms with Crippen LogP contribution in [0, 0.1) is 0 Å². The van der Waals surface area contributed by atoms with Gasteiger partial charge in [0.05, 0.1) is 5.56 Å². The van der Waals surface area contributed by atoms with Crippen LogP contribution >= 0.6 is 11.8 Å². The number of hydrogen-bond donors (Lipinski definition) is 2. The van der Waals surface area contributed by atoms with Gasteiger partial charge in [-0.3, -0.25) is 4.57 Å². The van der Waals surface area contributed by atoms with Gasteiger partial charge in [0.2, 0.25) is 0 Å². The second-order valence-electron chi connectivity index (χ2n) is 3.73. The second-order valence-corrected chi connectivity index (χ2v) is 4.73. The van der Waals surface area contributed by atoms with Crippen molar-refractivity contribution in [3.63, 3.8) is 0 Å². The Morgan fingerprint density at radius 3 is 2.63 bits per heavy atom. The van der Waals surface area contributed by atoms with Crippen LogP contribution in [0.1, 0.15) is 5.56 Å². The van der Waals surface area contributed by atoms with Crippen LogP contribution in [0.4, 0.5) is 18.9 Å². The Labute approximate surface area is 109 Å². The average Bonchev–Trinajstić information content (AvgIpc) is 2.62. The predicted molar refractivity (Wildman–Crippen MR) is 63.8 cm³/mol. The van der Waals surface area contributed by atoms with Crippen molar-refractivity contribution >= 4 is 17.4 Å². The number of alkyl halides is 3. The van der Waals surface area contributed by atoms with Gasteiger partial charge in [0.15, 0.2) is 5.16 Å². The van der Waals surface area contributed by atoms with Crippen molar-refractivity contribution in [1.82, 2.24) is 14.8 Å². The Balaban J connectivity index is 2.46. The van der Waals surface area contributed by atoms with Gasteiger partial charge in [0.1, 0.15) is 0 Å². The van der Waals surface area contributed by atoms with E-state index in [1.54, 1.807) is 0 Å². The predicted octanol–water partition coefficient (Wildman–Crippen LogP) is 1.86. The molecule has 19 heavy (non-hydrogen) atoms. The van der Waals surface area contributed by atoms with E-state index < -0.39 is 17.4 Å². The van der Waals surface area contributed by atoms with Gasteiger partial charge in [-0.25, -0.2) is 9.89 Å². The van der Waals surface area contributed by atoms with Gasteiger partial charge in [-0.2, -0.15) is 13.2 Å². The third kappa shape index (κ3) is 2.75. The van der Waals surface area contributed by atoms with E-state index in [0.717, 1.165) is 22.4 Å². The smallest absolute Gasteiger partial charge is 0.399 e. The lowest BCUT2D eigenvalue weighted by Gasteiger charge is -2.12. The molecule has 0 bridgehead atoms. The molecule has 0 spiro atoms. The zero-order valence-corrected chi connectivity index (χ0v) is 10.5. The molecule has 5 nitrogen and oxygen atoms in total. The van der Waals surface area contributed by atoms with E-state index in [1.165, 1.54) is 19.2 Å². The molecule has 0 aliphatic carbocycles. The van der Waals surface area contributed by atoms with Crippen LogP contribution < -0.4 is 11.4 Å². The number of anilines is 1. The molecule has 1 aromatic carbocycles. The standard InChI is InChI=1S/C10H9F3N4OS/c1-17-8(18)15-16-9(17)19-7-3-2-5(14)4-6(7)10(11,12)13/h2-4H,14H2,1H3,(H,15,18). The lowest BCUT2D eigenvalue weighted by Crippen LogP contribution is -2.13. The van der Waals surface area contributed by atoms with Gasteiger partial charge in [0, 0.05) is 17.6 Å². The summed E-state index contributed by atoms with van der Waals surface area (Å²) in [5, 5.41) is 5.94. The topological polar surface area (TPSA) is 76.7 Å². The molecule has 3 N–H and O–H groups in total. The molecule has 9 heteroatoms. The molecule has 0 fully saturated rings. The minimum Gasteiger partial charge on any atom is -0.399 e. The van der Waals surface area contributed by atoms with E-state index in [2.05, 4.69) is 10.2 Å². The number of nitrogens with two attached hydrogens (primary N) is 1. The highest BCUT2D eigenvalue weighted by Gasteiger charge is 2.34. The van der Waals surface area contributed by atoms with Gasteiger partial charge in [-0.1, -0.05) is 0 Å². The Bertz CT molecular complexity index is 662. The number of nitrogen functional groups attached to an aromatic ring is 1. The third-order valence-corrected chi connectivity index (χ3v) is 3.47. The lowest BCUT2D eigenvalue weighted by molar-refractivity contribution is -0.139. The summed E-state index contributed by atoms with van der Waals surface area (Å²) < 4.78 is 39.7. The monoisotopic (exact) mass is 290 g/mol. The van der Waals surface area contributed by atoms with Crippen LogP contribution in [0.25, 0.3) is 0 Å². The molecule has 1 aromatic heterocycles. The van der Waals surface area contributed by atoms with E-state index in [9.17, 15) is 18.0 Å². The van der Waals surface area contributed by atoms with Gasteiger partial charge >= 0.3 is 11.9 Å². The fraction of sp³-hybridized carbons (Fsp3) is 0.200. The van der Waals surface area contributed by atoms with Crippen LogP contribution in [0.5, 0.6) is 0 Å². The Kier molecular flexibility index (Phi) is 3.31. The zero-order chi connectivity index (χ0) is 14.2. The fourth-order valence-electron chi connectivity index (χ4n) is 1.38. The number of H-pyrrole nitrogens is 1. The summed E-state index contributed by atoms with van der Waals surface area (Å²) >= 11 is 0.742. The number of rotatable bonds is 2. The van der Waals surface area contributed by atoms with E-state index in [4.69, 9.17) is 5.73 Å². The molecule has 0 atom stereocenters. The molecular weight excluding hydrogens is 281 g/mol. The first-order valence-electron chi connectivity index (χ1n) is 5.05. The van der Waals surface area contributed by atoms with Crippen LogP contribution in [-0.2, 0) is 13.2 Å². The molecule has 0 saturated carbocycles. The Morgan fingerprint density at radius 2 is 2.11 bits per heavy atom. The molecule has 0 aliphatic rings. The quantitative estimate of drug-likeness (QED) is 0.828. The van der Waals surface area contributed by atoms with E-state index in [-0.39, 0.29) is 15.7 Å². The minimum atomic E-state index is -4.52. The van der Waals surface area contributed by atoms with Gasteiger partial charge in [0.25, 0.3) is 0 Å². The minimum absolute atomic E-state index is 0.0209. The third-order valence-electron chi connectivity index (χ3n) is 2.35. The number of nitrogens with one attached hydrogen (secondary N) is 1. The largest absolute Gasteiger partial charge is 0.417 e. The maximum absolute atomic E-state index is 12.9. The first-order chi connectivity index (χ1) is 8.79. The van der Waals surface area contributed by atoms with Crippen LogP contribution in [0.2, 0.25) is 0 Å². The average molecular weight is 290 g/mol. The van der Waals surface area contributed by atoms with E-state index in [0.29, 0.717) is 0 Å². The summed E-state index contributed by atoms with van der Waals surface area (Å²) in [6.45, 7) is 0. The number of aromatic amines is 1. The van der Waals surface area contributed by atoms with E-state index in [1.807, 2.05) is 0 Å². The van der Waals surface area contributed by atoms with Crippen molar-refractivity contribution in [2.45, 2.75) is 16.2 Å². The van der Waals surface area contributed by atoms with Crippen LogP contribution in [-0.4, -0.2) is 14.8 Å². The normalized spacial score (nSPS) is 11.8. The Morgan fingerprint density at radius 1 is 1.42 bits per heavy atom. The summed E-state index contributed by atoms with van der Waals surface area (Å²) in [5.74, 6) is 0. The molecule has 102 valence electrons. The SMILES string of the molecule is Cn1c(Sc2ccc(N)cc2C(F)(F)F)n[nH]c1=O. The molecule has 0 amide bonds. The van der Waals surface area contributed by atoms with Crippen molar-refractivity contribution in [3.8, 4) is 0 Å². The Hall–Kier alpha value is -1.90. The molecule has 1 heterocycles. The van der Waals surface area contributed by atoms with Gasteiger partial charge < -0.3 is 5.73 Å². The van der Waals surface area contributed by atoms with Crippen molar-refractivity contribution in [1.29, 1.82) is 0 Å². The number of nitrogens with zero attached hydrogens (tertiary/aromatic N) is 2. The first-order valence-corrected chi connectivity index (χ1v) is 5.86. The fourth-order valence-corrected chi connectivity index (χ4v) is 2.31. The van der Waals surface area contributed by atoms with E-state index >= 15 is 0 Å². The maximum atomic E-state index is 12.9. The van der Waals surface area contributed by atoms with Crippen LogP contribution in [0.3, 0.4) is 0 Å². The molecular formula is C10H9F3N4OS. The summed E-state index contributed by atoms with van der Waals surface area (Å²) in [6, 6.07) is 3.47. The molecule has 2 rings (SSSR count). The maximum Gasteiger partial charge on any atom is 0.417 e. The number of hydrogen-bond acceptors (Lipinski definition) is 4. The number of benzene rings is 1. The van der Waals surface area contributed by atoms with Gasteiger partial charge in [-0.15, -0.1) is 5.10 Å². The lowest BCUT2D eigenvalue weighted by atomic mass is 10.2. The van der Waals surface area contributed by atoms with Crippen molar-refractivity contribution in [3.05, 3.63) is 34.2 Å². The molecule has 0 aliphatic heterocycles. The molecule has 0 saturated heterocycles. The van der Waals surface area contributed by atoms with Gasteiger partial charge in [-0.05, 0) is 30.0 Å². The molecule has 0 radical (unpaired) electrons. The van der Waals surface area contributed by atoms with Crippen molar-refractivity contribution < 1.29 is 13.2 Å². The zero-order valence-electron chi connectivity index (χ0n) is 9.65. The first kappa shape index (κ1) is 13.5. The molecule has 2 aromatic rings. The van der Waals surface area contributed by atoms with Crippen LogP contribution in [0.15, 0.2) is 33.0 Å². The summed E-state index contributed by atoms with van der Waals surface area (Å²) in [7, 11) is 1.42. The molecule has 0 unspecified atom stereocenters. The number of halogens is 3. The van der Waals surface area contributed by atoms with Crippen molar-refractivity contribution in [2.75, 3.05) is 5.73 Å². The summed E-state index contributed by atoms with van der Waals surface area (Å²) in [4.78, 5) is 11.1.